The molecule has 2 aliphatic heterocycles. The van der Waals surface area contributed by atoms with Crippen molar-refractivity contribution in [3.63, 3.8) is 0 Å². The average molecular weight is 438 g/mol. The zero-order valence-corrected chi connectivity index (χ0v) is 18.9. The number of hydrogen-bond donors (Lipinski definition) is 1. The summed E-state index contributed by atoms with van der Waals surface area (Å²) in [6, 6.07) is 6.12. The molecule has 1 aliphatic carbocycles. The van der Waals surface area contributed by atoms with Gasteiger partial charge in [-0.05, 0) is 50.1 Å². The van der Waals surface area contributed by atoms with Gasteiger partial charge in [0.05, 0.1) is 23.7 Å². The number of hydrogen-bond acceptors (Lipinski definition) is 6. The smallest absolute Gasteiger partial charge is 0.338 e. The van der Waals surface area contributed by atoms with Crippen molar-refractivity contribution in [2.75, 3.05) is 6.61 Å². The van der Waals surface area contributed by atoms with Gasteiger partial charge in [-0.3, -0.25) is 4.79 Å². The zero-order valence-electron chi connectivity index (χ0n) is 18.1. The molecule has 0 spiro atoms. The van der Waals surface area contributed by atoms with Gasteiger partial charge in [0.2, 0.25) is 5.91 Å². The van der Waals surface area contributed by atoms with Crippen LogP contribution in [-0.4, -0.2) is 34.6 Å². The SMILES string of the molecule is C=CCOC(=O)C1=C(C)N=C2SC=C(CC(=O)NC3CC3)N2C1c1cc(C)ccc1C. The molecule has 162 valence electrons. The minimum absolute atomic E-state index is 0.00243. The average Bonchev–Trinajstić information content (AvgIpc) is 3.46. The van der Waals surface area contributed by atoms with Crippen LogP contribution in [0.1, 0.15) is 48.9 Å². The number of ether oxygens (including phenoxy) is 1. The van der Waals surface area contributed by atoms with Crippen LogP contribution < -0.4 is 5.32 Å². The minimum Gasteiger partial charge on any atom is -0.458 e. The second-order valence-electron chi connectivity index (χ2n) is 8.16. The molecule has 0 saturated heterocycles. The number of esters is 1. The summed E-state index contributed by atoms with van der Waals surface area (Å²) in [6.07, 6.45) is 3.89. The second-order valence-corrected chi connectivity index (χ2v) is 9.00. The topological polar surface area (TPSA) is 71.0 Å². The predicted molar refractivity (Wildman–Crippen MR) is 123 cm³/mol. The maximum atomic E-state index is 13.1. The number of amidine groups is 1. The van der Waals surface area contributed by atoms with Crippen molar-refractivity contribution < 1.29 is 14.3 Å². The van der Waals surface area contributed by atoms with Gasteiger partial charge in [0, 0.05) is 11.7 Å². The standard InChI is InChI=1S/C24H27N3O3S/c1-5-10-30-23(29)21-16(4)25-24-27(22(21)19-11-14(2)6-7-15(19)3)18(13-31-24)12-20(28)26-17-8-9-17/h5-7,11,13,17,22H,1,8-10,12H2,2-4H3,(H,26,28). The Morgan fingerprint density at radius 1 is 1.32 bits per heavy atom. The fourth-order valence-electron chi connectivity index (χ4n) is 3.86. The van der Waals surface area contributed by atoms with Crippen LogP contribution >= 0.6 is 11.8 Å². The first-order chi connectivity index (χ1) is 14.9. The lowest BCUT2D eigenvalue weighted by atomic mass is 9.90. The van der Waals surface area contributed by atoms with Crippen LogP contribution in [0.2, 0.25) is 0 Å². The number of rotatable bonds is 7. The van der Waals surface area contributed by atoms with E-state index in [1.165, 1.54) is 11.8 Å². The van der Waals surface area contributed by atoms with E-state index in [1.807, 2.05) is 31.1 Å². The highest BCUT2D eigenvalue weighted by Gasteiger charge is 2.41. The van der Waals surface area contributed by atoms with E-state index in [9.17, 15) is 9.59 Å². The van der Waals surface area contributed by atoms with Gasteiger partial charge < -0.3 is 15.0 Å². The van der Waals surface area contributed by atoms with Gasteiger partial charge in [0.25, 0.3) is 0 Å². The Morgan fingerprint density at radius 2 is 2.10 bits per heavy atom. The van der Waals surface area contributed by atoms with E-state index in [-0.39, 0.29) is 18.9 Å². The highest BCUT2D eigenvalue weighted by molar-refractivity contribution is 8.16. The van der Waals surface area contributed by atoms with E-state index in [1.54, 1.807) is 6.08 Å². The molecule has 1 saturated carbocycles. The summed E-state index contributed by atoms with van der Waals surface area (Å²) in [7, 11) is 0. The van der Waals surface area contributed by atoms with Crippen LogP contribution in [0.4, 0.5) is 0 Å². The van der Waals surface area contributed by atoms with Crippen LogP contribution in [0.15, 0.2) is 58.2 Å². The third-order valence-corrected chi connectivity index (χ3v) is 6.46. The summed E-state index contributed by atoms with van der Waals surface area (Å²) < 4.78 is 5.43. The van der Waals surface area contributed by atoms with Gasteiger partial charge in [0.15, 0.2) is 5.17 Å². The highest BCUT2D eigenvalue weighted by atomic mass is 32.2. The van der Waals surface area contributed by atoms with Crippen molar-refractivity contribution in [3.8, 4) is 0 Å². The van der Waals surface area contributed by atoms with Gasteiger partial charge in [0.1, 0.15) is 6.61 Å². The summed E-state index contributed by atoms with van der Waals surface area (Å²) in [4.78, 5) is 32.4. The van der Waals surface area contributed by atoms with Crippen LogP contribution in [0.3, 0.4) is 0 Å². The molecule has 0 bridgehead atoms. The lowest BCUT2D eigenvalue weighted by Crippen LogP contribution is -2.38. The molecule has 2 heterocycles. The van der Waals surface area contributed by atoms with Crippen molar-refractivity contribution in [1.82, 2.24) is 10.2 Å². The summed E-state index contributed by atoms with van der Waals surface area (Å²) >= 11 is 1.49. The maximum Gasteiger partial charge on any atom is 0.338 e. The lowest BCUT2D eigenvalue weighted by molar-refractivity contribution is -0.138. The van der Waals surface area contributed by atoms with Crippen LogP contribution in [0.5, 0.6) is 0 Å². The molecule has 7 heteroatoms. The molecule has 0 aromatic heterocycles. The van der Waals surface area contributed by atoms with E-state index < -0.39 is 12.0 Å². The van der Waals surface area contributed by atoms with E-state index in [0.717, 1.165) is 40.4 Å². The van der Waals surface area contributed by atoms with Gasteiger partial charge in [-0.25, -0.2) is 9.79 Å². The Labute approximate surface area is 187 Å². The summed E-state index contributed by atoms with van der Waals surface area (Å²) in [5, 5.41) is 5.79. The van der Waals surface area contributed by atoms with E-state index in [4.69, 9.17) is 4.74 Å². The first-order valence-corrected chi connectivity index (χ1v) is 11.4. The highest BCUT2D eigenvalue weighted by Crippen LogP contribution is 2.45. The number of thioether (sulfide) groups is 1. The summed E-state index contributed by atoms with van der Waals surface area (Å²) in [5.74, 6) is -0.415. The lowest BCUT2D eigenvalue weighted by Gasteiger charge is -2.37. The molecule has 0 radical (unpaired) electrons. The normalized spacial score (nSPS) is 20.1. The third kappa shape index (κ3) is 4.46. The number of carbonyl (C=O) groups is 2. The molecule has 1 amide bonds. The van der Waals surface area contributed by atoms with Gasteiger partial charge in [-0.1, -0.05) is 48.2 Å². The second kappa shape index (κ2) is 8.75. The third-order valence-electron chi connectivity index (χ3n) is 5.57. The number of aryl methyl sites for hydroxylation is 2. The van der Waals surface area contributed by atoms with Gasteiger partial charge in [-0.15, -0.1) is 0 Å². The molecule has 1 aromatic rings. The van der Waals surface area contributed by atoms with Crippen LogP contribution in [0.25, 0.3) is 0 Å². The fourth-order valence-corrected chi connectivity index (χ4v) is 4.83. The van der Waals surface area contributed by atoms with E-state index in [0.29, 0.717) is 17.3 Å². The molecule has 1 fully saturated rings. The predicted octanol–water partition coefficient (Wildman–Crippen LogP) is 4.28. The molecule has 1 N–H and O–H groups in total. The van der Waals surface area contributed by atoms with Crippen molar-refractivity contribution in [1.29, 1.82) is 0 Å². The molecule has 3 aliphatic rings. The number of benzene rings is 1. The van der Waals surface area contributed by atoms with Crippen molar-refractivity contribution in [2.45, 2.75) is 52.1 Å². The molecule has 1 atom stereocenters. The number of nitrogens with zero attached hydrogens (tertiary/aromatic N) is 2. The minimum atomic E-state index is -0.412. The van der Waals surface area contributed by atoms with Crippen molar-refractivity contribution in [3.05, 3.63) is 69.9 Å². The summed E-state index contributed by atoms with van der Waals surface area (Å²) in [6.45, 7) is 9.68. The Bertz CT molecular complexity index is 1040. The Morgan fingerprint density at radius 3 is 2.81 bits per heavy atom. The number of amides is 1. The molecule has 31 heavy (non-hydrogen) atoms. The first-order valence-electron chi connectivity index (χ1n) is 10.5. The maximum absolute atomic E-state index is 13.1. The molecule has 1 unspecified atom stereocenters. The first kappa shape index (κ1) is 21.4. The monoisotopic (exact) mass is 437 g/mol. The number of aliphatic imine (C=N–C) groups is 1. The Hall–Kier alpha value is -2.80. The summed E-state index contributed by atoms with van der Waals surface area (Å²) in [5.41, 5.74) is 5.15. The number of allylic oxidation sites excluding steroid dienone is 1. The van der Waals surface area contributed by atoms with E-state index >= 15 is 0 Å². The van der Waals surface area contributed by atoms with E-state index in [2.05, 4.69) is 35.1 Å². The quantitative estimate of drug-likeness (QED) is 0.509. The number of fused-ring (bicyclic) bond motifs is 1. The zero-order chi connectivity index (χ0) is 22.1. The van der Waals surface area contributed by atoms with Crippen LogP contribution in [-0.2, 0) is 14.3 Å². The Balaban J connectivity index is 1.75. The largest absolute Gasteiger partial charge is 0.458 e. The van der Waals surface area contributed by atoms with Gasteiger partial charge >= 0.3 is 5.97 Å². The number of nitrogens with one attached hydrogen (secondary N) is 1. The molecular formula is C24H27N3O3S. The molecular weight excluding hydrogens is 410 g/mol. The molecule has 6 nitrogen and oxygen atoms in total. The van der Waals surface area contributed by atoms with Crippen LogP contribution in [0, 0.1) is 13.8 Å². The number of carbonyl (C=O) groups excluding carboxylic acids is 2. The molecule has 1 aromatic carbocycles. The van der Waals surface area contributed by atoms with Crippen molar-refractivity contribution in [2.24, 2.45) is 4.99 Å². The fraction of sp³-hybridized carbons (Fsp3) is 0.375. The Kier molecular flexibility index (Phi) is 6.05. The molecule has 4 rings (SSSR count). The van der Waals surface area contributed by atoms with Crippen molar-refractivity contribution >= 4 is 28.8 Å². The van der Waals surface area contributed by atoms with Gasteiger partial charge in [-0.2, -0.15) is 0 Å².